The topological polar surface area (TPSA) is 50.4 Å². The molecule has 0 radical (unpaired) electrons. The molecule has 1 amide bonds. The van der Waals surface area contributed by atoms with Crippen LogP contribution in [0.25, 0.3) is 0 Å². The monoisotopic (exact) mass is 284 g/mol. The summed E-state index contributed by atoms with van der Waals surface area (Å²) in [6.07, 6.45) is 2.16. The van der Waals surface area contributed by atoms with Crippen molar-refractivity contribution in [1.29, 1.82) is 0 Å². The van der Waals surface area contributed by atoms with Gasteiger partial charge in [-0.1, -0.05) is 13.3 Å². The van der Waals surface area contributed by atoms with Gasteiger partial charge in [0.2, 0.25) is 0 Å². The Morgan fingerprint density at radius 2 is 2.16 bits per heavy atom. The van der Waals surface area contributed by atoms with Gasteiger partial charge in [0.15, 0.2) is 0 Å². The van der Waals surface area contributed by atoms with Gasteiger partial charge in [0.05, 0.1) is 11.5 Å². The number of hydrogen-bond acceptors (Lipinski definition) is 4. The predicted octanol–water partition coefficient (Wildman–Crippen LogP) is 1.97. The highest BCUT2D eigenvalue weighted by atomic mass is 32.1. The van der Waals surface area contributed by atoms with Crippen LogP contribution in [-0.2, 0) is 11.2 Å². The molecule has 1 aromatic heterocycles. The summed E-state index contributed by atoms with van der Waals surface area (Å²) in [5.74, 6) is 0.0315. The number of ether oxygens (including phenoxy) is 1. The van der Waals surface area contributed by atoms with E-state index in [4.69, 9.17) is 4.74 Å². The van der Waals surface area contributed by atoms with Crippen LogP contribution in [-0.4, -0.2) is 39.3 Å². The summed E-state index contributed by atoms with van der Waals surface area (Å²) >= 11 is 1.58. The van der Waals surface area contributed by atoms with Gasteiger partial charge in [-0.25, -0.2) is 0 Å². The number of carbonyl (C=O) groups excluding carboxylic acids is 1. The van der Waals surface area contributed by atoms with Crippen LogP contribution in [0.15, 0.2) is 6.07 Å². The van der Waals surface area contributed by atoms with E-state index in [0.717, 1.165) is 30.8 Å². The van der Waals surface area contributed by atoms with Gasteiger partial charge in [0, 0.05) is 31.6 Å². The van der Waals surface area contributed by atoms with Crippen LogP contribution < -0.4 is 10.6 Å². The Hall–Kier alpha value is -0.910. The van der Waals surface area contributed by atoms with E-state index >= 15 is 0 Å². The van der Waals surface area contributed by atoms with Crippen LogP contribution in [0.1, 0.15) is 33.5 Å². The third kappa shape index (κ3) is 5.72. The van der Waals surface area contributed by atoms with Crippen LogP contribution in [0.3, 0.4) is 0 Å². The van der Waals surface area contributed by atoms with Crippen molar-refractivity contribution in [3.63, 3.8) is 0 Å². The molecule has 0 aliphatic heterocycles. The molecule has 1 heterocycles. The van der Waals surface area contributed by atoms with Crippen LogP contribution in [0, 0.1) is 6.92 Å². The molecule has 0 unspecified atom stereocenters. The Kier molecular flexibility index (Phi) is 7.70. The van der Waals surface area contributed by atoms with Gasteiger partial charge in [-0.3, -0.25) is 4.79 Å². The van der Waals surface area contributed by atoms with Gasteiger partial charge in [0.1, 0.15) is 0 Å². The zero-order valence-electron chi connectivity index (χ0n) is 12.0. The van der Waals surface area contributed by atoms with E-state index in [1.807, 2.05) is 6.07 Å². The number of thiophene rings is 1. The zero-order chi connectivity index (χ0) is 14.1. The molecule has 19 heavy (non-hydrogen) atoms. The second-order valence-corrected chi connectivity index (χ2v) is 5.70. The average Bonchev–Trinajstić information content (AvgIpc) is 2.76. The van der Waals surface area contributed by atoms with Gasteiger partial charge in [0.25, 0.3) is 5.91 Å². The fraction of sp³-hybridized carbons (Fsp3) is 0.643. The van der Waals surface area contributed by atoms with Gasteiger partial charge in [-0.2, -0.15) is 0 Å². The van der Waals surface area contributed by atoms with Crippen molar-refractivity contribution in [1.82, 2.24) is 10.6 Å². The maximum Gasteiger partial charge on any atom is 0.261 e. The van der Waals surface area contributed by atoms with E-state index in [2.05, 4.69) is 24.5 Å². The number of hydrogen-bond donors (Lipinski definition) is 2. The lowest BCUT2D eigenvalue weighted by Gasteiger charge is -2.05. The second kappa shape index (κ2) is 9.07. The standard InChI is InChI=1S/C14H24N2O2S/c1-4-5-12-10-13(19-11(12)2)14(17)16-7-6-15-8-9-18-3/h10,15H,4-9H2,1-3H3,(H,16,17). The first-order chi connectivity index (χ1) is 9.19. The van der Waals surface area contributed by atoms with E-state index < -0.39 is 0 Å². The summed E-state index contributed by atoms with van der Waals surface area (Å²) < 4.78 is 4.93. The molecule has 4 nitrogen and oxygen atoms in total. The number of rotatable bonds is 9. The average molecular weight is 284 g/mol. The van der Waals surface area contributed by atoms with Gasteiger partial charge in [-0.15, -0.1) is 11.3 Å². The molecular formula is C14H24N2O2S. The Labute approximate surface area is 119 Å². The van der Waals surface area contributed by atoms with Crippen LogP contribution >= 0.6 is 11.3 Å². The van der Waals surface area contributed by atoms with Crippen molar-refractivity contribution in [3.05, 3.63) is 21.4 Å². The third-order valence-corrected chi connectivity index (χ3v) is 3.93. The lowest BCUT2D eigenvalue weighted by molar-refractivity contribution is 0.0957. The first kappa shape index (κ1) is 16.1. The molecule has 0 fully saturated rings. The first-order valence-corrected chi connectivity index (χ1v) is 7.57. The van der Waals surface area contributed by atoms with Gasteiger partial charge < -0.3 is 15.4 Å². The Balaban J connectivity index is 2.31. The number of carbonyl (C=O) groups is 1. The maximum absolute atomic E-state index is 12.0. The lowest BCUT2D eigenvalue weighted by atomic mass is 10.1. The number of amides is 1. The second-order valence-electron chi connectivity index (χ2n) is 4.44. The number of nitrogens with one attached hydrogen (secondary N) is 2. The fourth-order valence-corrected chi connectivity index (χ4v) is 2.79. The quantitative estimate of drug-likeness (QED) is 0.682. The number of aryl methyl sites for hydroxylation is 2. The lowest BCUT2D eigenvalue weighted by Crippen LogP contribution is -2.32. The Morgan fingerprint density at radius 1 is 1.37 bits per heavy atom. The molecule has 0 atom stereocenters. The maximum atomic E-state index is 12.0. The Morgan fingerprint density at radius 3 is 2.84 bits per heavy atom. The molecule has 0 saturated heterocycles. The van der Waals surface area contributed by atoms with Crippen molar-refractivity contribution in [2.75, 3.05) is 33.4 Å². The number of methoxy groups -OCH3 is 1. The van der Waals surface area contributed by atoms with E-state index in [1.165, 1.54) is 10.4 Å². The van der Waals surface area contributed by atoms with Crippen LogP contribution in [0.5, 0.6) is 0 Å². The minimum absolute atomic E-state index is 0.0315. The van der Waals surface area contributed by atoms with E-state index in [1.54, 1.807) is 18.4 Å². The normalized spacial score (nSPS) is 10.7. The molecule has 0 bridgehead atoms. The molecule has 2 N–H and O–H groups in total. The minimum atomic E-state index is 0.0315. The molecule has 0 spiro atoms. The fourth-order valence-electron chi connectivity index (χ4n) is 1.80. The summed E-state index contributed by atoms with van der Waals surface area (Å²) in [6, 6.07) is 2.02. The van der Waals surface area contributed by atoms with Gasteiger partial charge >= 0.3 is 0 Å². The van der Waals surface area contributed by atoms with Crippen LogP contribution in [0.2, 0.25) is 0 Å². The molecule has 1 aromatic rings. The highest BCUT2D eigenvalue weighted by Gasteiger charge is 2.11. The molecule has 1 rings (SSSR count). The summed E-state index contributed by atoms with van der Waals surface area (Å²) in [5, 5.41) is 6.12. The highest BCUT2D eigenvalue weighted by molar-refractivity contribution is 7.14. The van der Waals surface area contributed by atoms with E-state index in [9.17, 15) is 4.79 Å². The van der Waals surface area contributed by atoms with Crippen LogP contribution in [0.4, 0.5) is 0 Å². The smallest absolute Gasteiger partial charge is 0.261 e. The molecule has 0 aliphatic rings. The molecule has 0 aromatic carbocycles. The highest BCUT2D eigenvalue weighted by Crippen LogP contribution is 2.22. The van der Waals surface area contributed by atoms with Crippen molar-refractivity contribution in [2.45, 2.75) is 26.7 Å². The molecule has 0 aliphatic carbocycles. The largest absolute Gasteiger partial charge is 0.383 e. The van der Waals surface area contributed by atoms with Crippen molar-refractivity contribution in [2.24, 2.45) is 0 Å². The summed E-state index contributed by atoms with van der Waals surface area (Å²) in [5.41, 5.74) is 1.30. The molecule has 5 heteroatoms. The van der Waals surface area contributed by atoms with Crippen molar-refractivity contribution >= 4 is 17.2 Å². The molecule has 0 saturated carbocycles. The van der Waals surface area contributed by atoms with E-state index in [0.29, 0.717) is 13.2 Å². The van der Waals surface area contributed by atoms with Gasteiger partial charge in [-0.05, 0) is 25.0 Å². The molecular weight excluding hydrogens is 260 g/mol. The predicted molar refractivity (Wildman–Crippen MR) is 80.1 cm³/mol. The summed E-state index contributed by atoms with van der Waals surface area (Å²) in [4.78, 5) is 14.0. The van der Waals surface area contributed by atoms with Crippen molar-refractivity contribution < 1.29 is 9.53 Å². The SMILES string of the molecule is CCCc1cc(C(=O)NCCNCCOC)sc1C. The van der Waals surface area contributed by atoms with Crippen molar-refractivity contribution in [3.8, 4) is 0 Å². The molecule has 108 valence electrons. The first-order valence-electron chi connectivity index (χ1n) is 6.76. The third-order valence-electron chi connectivity index (χ3n) is 2.83. The summed E-state index contributed by atoms with van der Waals surface area (Å²) in [6.45, 7) is 7.15. The minimum Gasteiger partial charge on any atom is -0.383 e. The summed E-state index contributed by atoms with van der Waals surface area (Å²) in [7, 11) is 1.68. The van der Waals surface area contributed by atoms with E-state index in [-0.39, 0.29) is 5.91 Å². The zero-order valence-corrected chi connectivity index (χ0v) is 12.9. The Bertz CT molecular complexity index is 391.